The summed E-state index contributed by atoms with van der Waals surface area (Å²) in [5.74, 6) is 0.357. The molecule has 7 nitrogen and oxygen atoms in total. The second-order valence-corrected chi connectivity index (χ2v) is 12.2. The molecule has 0 spiro atoms. The monoisotopic (exact) mass is 479 g/mol. The zero-order valence-electron chi connectivity index (χ0n) is 20.4. The fourth-order valence-corrected chi connectivity index (χ4v) is 5.81. The van der Waals surface area contributed by atoms with Crippen molar-refractivity contribution in [1.82, 2.24) is 10.0 Å². The molecule has 1 aliphatic heterocycles. The minimum atomic E-state index is -3.51. The van der Waals surface area contributed by atoms with Crippen molar-refractivity contribution in [2.75, 3.05) is 24.5 Å². The molecular weight excluding hydrogens is 438 g/mol. The fourth-order valence-electron chi connectivity index (χ4n) is 4.50. The number of carbonyl (C=O) groups excluding carboxylic acids is 1. The van der Waals surface area contributed by atoms with E-state index < -0.39 is 21.7 Å². The average Bonchev–Trinajstić information content (AvgIpc) is 2.70. The van der Waals surface area contributed by atoms with Crippen molar-refractivity contribution in [3.63, 3.8) is 0 Å². The highest BCUT2D eigenvalue weighted by atomic mass is 32.2. The number of hydrogen-bond acceptors (Lipinski definition) is 5. The Hall–Kier alpha value is -1.80. The highest BCUT2D eigenvalue weighted by Gasteiger charge is 2.28. The van der Waals surface area contributed by atoms with Gasteiger partial charge in [-0.2, -0.15) is 0 Å². The number of sulfonamides is 1. The Morgan fingerprint density at radius 1 is 0.970 bits per heavy atom. The van der Waals surface area contributed by atoms with Crippen LogP contribution in [0, 0.1) is 5.92 Å². The van der Waals surface area contributed by atoms with Crippen LogP contribution in [0.2, 0.25) is 0 Å². The van der Waals surface area contributed by atoms with E-state index in [2.05, 4.69) is 14.9 Å². The minimum absolute atomic E-state index is 0.0291. The molecule has 0 bridgehead atoms. The number of hydrogen-bond donors (Lipinski definition) is 2. The van der Waals surface area contributed by atoms with Gasteiger partial charge in [0.25, 0.3) is 0 Å². The molecule has 2 fully saturated rings. The SMILES string of the molecule is CC(C)(C)OC(=O)NCC1CN(c2ccc(S(=O)(=O)NC3CCCCCCCCC3)cc2)C1. The van der Waals surface area contributed by atoms with Gasteiger partial charge in [-0.3, -0.25) is 0 Å². The van der Waals surface area contributed by atoms with Crippen LogP contribution < -0.4 is 14.9 Å². The largest absolute Gasteiger partial charge is 0.444 e. The maximum absolute atomic E-state index is 12.9. The molecule has 1 aromatic rings. The summed E-state index contributed by atoms with van der Waals surface area (Å²) in [6.45, 7) is 7.75. The lowest BCUT2D eigenvalue weighted by Crippen LogP contribution is -2.52. The van der Waals surface area contributed by atoms with Gasteiger partial charge in [0, 0.05) is 37.3 Å². The first-order valence-electron chi connectivity index (χ1n) is 12.5. The van der Waals surface area contributed by atoms with E-state index in [1.165, 1.54) is 32.1 Å². The molecule has 1 aromatic carbocycles. The molecule has 1 aliphatic carbocycles. The van der Waals surface area contributed by atoms with Crippen LogP contribution >= 0.6 is 0 Å². The van der Waals surface area contributed by atoms with Gasteiger partial charge in [0.1, 0.15) is 5.60 Å². The number of carbonyl (C=O) groups is 1. The van der Waals surface area contributed by atoms with Crippen LogP contribution in [-0.2, 0) is 14.8 Å². The summed E-state index contributed by atoms with van der Waals surface area (Å²) in [6.07, 6.45) is 9.84. The number of alkyl carbamates (subject to hydrolysis) is 1. The van der Waals surface area contributed by atoms with Crippen LogP contribution in [0.3, 0.4) is 0 Å². The summed E-state index contributed by atoms with van der Waals surface area (Å²) < 4.78 is 34.1. The van der Waals surface area contributed by atoms with Gasteiger partial charge in [-0.05, 0) is 57.9 Å². The first-order valence-corrected chi connectivity index (χ1v) is 13.9. The molecule has 1 saturated heterocycles. The number of ether oxygens (including phenoxy) is 1. The van der Waals surface area contributed by atoms with Gasteiger partial charge in [-0.15, -0.1) is 0 Å². The Balaban J connectivity index is 1.47. The van der Waals surface area contributed by atoms with Crippen molar-refractivity contribution in [3.05, 3.63) is 24.3 Å². The third-order valence-corrected chi connectivity index (χ3v) is 7.87. The van der Waals surface area contributed by atoms with Crippen molar-refractivity contribution in [3.8, 4) is 0 Å². The summed E-state index contributed by atoms with van der Waals surface area (Å²) in [5, 5.41) is 2.82. The first kappa shape index (κ1) is 25.8. The Morgan fingerprint density at radius 2 is 1.52 bits per heavy atom. The Kier molecular flexibility index (Phi) is 9.04. The molecule has 2 aliphatic rings. The minimum Gasteiger partial charge on any atom is -0.444 e. The van der Waals surface area contributed by atoms with Crippen LogP contribution in [0.15, 0.2) is 29.2 Å². The van der Waals surface area contributed by atoms with E-state index in [0.717, 1.165) is 44.5 Å². The number of benzene rings is 1. The van der Waals surface area contributed by atoms with Crippen molar-refractivity contribution < 1.29 is 17.9 Å². The lowest BCUT2D eigenvalue weighted by molar-refractivity contribution is 0.0516. The molecule has 1 saturated carbocycles. The Morgan fingerprint density at radius 3 is 2.06 bits per heavy atom. The van der Waals surface area contributed by atoms with E-state index in [4.69, 9.17) is 4.74 Å². The molecule has 33 heavy (non-hydrogen) atoms. The quantitative estimate of drug-likeness (QED) is 0.611. The van der Waals surface area contributed by atoms with Crippen LogP contribution in [0.5, 0.6) is 0 Å². The molecule has 0 radical (unpaired) electrons. The molecule has 2 N–H and O–H groups in total. The summed E-state index contributed by atoms with van der Waals surface area (Å²) in [7, 11) is -3.51. The molecule has 0 atom stereocenters. The molecule has 3 rings (SSSR count). The van der Waals surface area contributed by atoms with E-state index in [1.54, 1.807) is 12.1 Å². The molecule has 8 heteroatoms. The van der Waals surface area contributed by atoms with E-state index in [0.29, 0.717) is 17.4 Å². The molecule has 1 amide bonds. The lowest BCUT2D eigenvalue weighted by atomic mass is 9.98. The fraction of sp³-hybridized carbons (Fsp3) is 0.720. The van der Waals surface area contributed by atoms with Crippen molar-refractivity contribution in [2.45, 2.75) is 95.1 Å². The predicted octanol–water partition coefficient (Wildman–Crippen LogP) is 4.82. The maximum Gasteiger partial charge on any atom is 0.407 e. The predicted molar refractivity (Wildman–Crippen MR) is 132 cm³/mol. The molecule has 0 aromatic heterocycles. The lowest BCUT2D eigenvalue weighted by Gasteiger charge is -2.41. The number of anilines is 1. The van der Waals surface area contributed by atoms with Gasteiger partial charge in [0.2, 0.25) is 10.0 Å². The van der Waals surface area contributed by atoms with Crippen LogP contribution in [0.4, 0.5) is 10.5 Å². The first-order chi connectivity index (χ1) is 15.6. The zero-order chi connectivity index (χ0) is 23.9. The van der Waals surface area contributed by atoms with Gasteiger partial charge in [-0.25, -0.2) is 17.9 Å². The number of rotatable bonds is 6. The van der Waals surface area contributed by atoms with Crippen LogP contribution in [-0.4, -0.2) is 45.8 Å². The third kappa shape index (κ3) is 8.49. The number of amides is 1. The zero-order valence-corrected chi connectivity index (χ0v) is 21.3. The second-order valence-electron chi connectivity index (χ2n) is 10.5. The van der Waals surface area contributed by atoms with E-state index in [9.17, 15) is 13.2 Å². The third-order valence-electron chi connectivity index (χ3n) is 6.33. The van der Waals surface area contributed by atoms with Gasteiger partial charge >= 0.3 is 6.09 Å². The van der Waals surface area contributed by atoms with Crippen LogP contribution in [0.25, 0.3) is 0 Å². The molecular formula is C25H41N3O4S. The highest BCUT2D eigenvalue weighted by Crippen LogP contribution is 2.26. The van der Waals surface area contributed by atoms with Crippen molar-refractivity contribution in [2.24, 2.45) is 5.92 Å². The van der Waals surface area contributed by atoms with E-state index in [-0.39, 0.29) is 6.04 Å². The Labute approximate surface area is 199 Å². The van der Waals surface area contributed by atoms with Crippen LogP contribution in [0.1, 0.15) is 78.6 Å². The van der Waals surface area contributed by atoms with Gasteiger partial charge in [-0.1, -0.05) is 44.9 Å². The second kappa shape index (κ2) is 11.6. The smallest absolute Gasteiger partial charge is 0.407 e. The maximum atomic E-state index is 12.9. The average molecular weight is 480 g/mol. The van der Waals surface area contributed by atoms with E-state index >= 15 is 0 Å². The molecule has 1 heterocycles. The summed E-state index contributed by atoms with van der Waals surface area (Å²) in [5.41, 5.74) is 0.502. The summed E-state index contributed by atoms with van der Waals surface area (Å²) >= 11 is 0. The normalized spacial score (nSPS) is 19.5. The van der Waals surface area contributed by atoms with Gasteiger partial charge in [0.15, 0.2) is 0 Å². The molecule has 0 unspecified atom stereocenters. The van der Waals surface area contributed by atoms with Gasteiger partial charge in [0.05, 0.1) is 4.90 Å². The van der Waals surface area contributed by atoms with E-state index in [1.807, 2.05) is 32.9 Å². The van der Waals surface area contributed by atoms with Gasteiger partial charge < -0.3 is 15.0 Å². The molecule has 186 valence electrons. The standard InChI is InChI=1S/C25H41N3O4S/c1-25(2,3)32-24(29)26-17-20-18-28(19-20)22-13-15-23(16-14-22)33(30,31)27-21-11-9-7-5-4-6-8-10-12-21/h13-16,20-21,27H,4-12,17-19H2,1-3H3,(H,26,29). The summed E-state index contributed by atoms with van der Waals surface area (Å²) in [4.78, 5) is 14.3. The summed E-state index contributed by atoms with van der Waals surface area (Å²) in [6, 6.07) is 7.17. The topological polar surface area (TPSA) is 87.7 Å². The van der Waals surface area contributed by atoms with Crippen molar-refractivity contribution in [1.29, 1.82) is 0 Å². The number of nitrogens with one attached hydrogen (secondary N) is 2. The Bertz CT molecular complexity index is 849. The van der Waals surface area contributed by atoms with Crippen molar-refractivity contribution >= 4 is 21.8 Å². The number of nitrogens with zero attached hydrogens (tertiary/aromatic N) is 1. The highest BCUT2D eigenvalue weighted by molar-refractivity contribution is 7.89.